The fourth-order valence-corrected chi connectivity index (χ4v) is 1.68. The number of aromatic nitrogens is 1. The summed E-state index contributed by atoms with van der Waals surface area (Å²) in [7, 11) is 0. The highest BCUT2D eigenvalue weighted by atomic mass is 16.5. The van der Waals surface area contributed by atoms with Gasteiger partial charge in [0.05, 0.1) is 11.3 Å². The van der Waals surface area contributed by atoms with E-state index < -0.39 is 0 Å². The zero-order valence-electron chi connectivity index (χ0n) is 10.7. The Balaban J connectivity index is 2.16. The molecule has 1 aromatic heterocycles. The molecule has 18 heavy (non-hydrogen) atoms. The maximum Gasteiger partial charge on any atom is 0.174 e. The van der Waals surface area contributed by atoms with Gasteiger partial charge in [-0.15, -0.1) is 0 Å². The number of ketones is 1. The minimum atomic E-state index is -0.0116. The van der Waals surface area contributed by atoms with Crippen LogP contribution in [0.2, 0.25) is 0 Å². The van der Waals surface area contributed by atoms with Crippen LogP contribution in [0.1, 0.15) is 34.3 Å². The molecule has 0 saturated heterocycles. The second-order valence-corrected chi connectivity index (χ2v) is 4.28. The van der Waals surface area contributed by atoms with Crippen molar-refractivity contribution in [2.75, 3.05) is 0 Å². The molecule has 0 fully saturated rings. The number of Topliss-reactive ketones (excluding diaryl/α,β-unsaturated/α-hetero) is 1. The van der Waals surface area contributed by atoms with Crippen LogP contribution in [0, 0.1) is 13.8 Å². The smallest absolute Gasteiger partial charge is 0.174 e. The zero-order valence-corrected chi connectivity index (χ0v) is 10.7. The summed E-state index contributed by atoms with van der Waals surface area (Å²) in [5.74, 6) is 1.20. The molecule has 1 aromatic carbocycles. The van der Waals surface area contributed by atoms with E-state index in [1.54, 1.807) is 6.07 Å². The predicted octanol–water partition coefficient (Wildman–Crippen LogP) is 3.07. The number of hydrogen-bond donors (Lipinski definition) is 0. The summed E-state index contributed by atoms with van der Waals surface area (Å²) >= 11 is 0. The van der Waals surface area contributed by atoms with Gasteiger partial charge in [-0.3, -0.25) is 4.79 Å². The molecule has 0 aliphatic carbocycles. The quantitative estimate of drug-likeness (QED) is 0.777. The van der Waals surface area contributed by atoms with Crippen molar-refractivity contribution >= 4 is 5.78 Å². The molecule has 94 valence electrons. The van der Waals surface area contributed by atoms with Crippen LogP contribution in [0.5, 0.6) is 5.75 Å². The number of carbonyl (C=O) groups is 1. The lowest BCUT2D eigenvalue weighted by molar-refractivity contribution is 0.101. The summed E-state index contributed by atoms with van der Waals surface area (Å²) in [6.45, 7) is 5.58. The number of carbonyl (C=O) groups excluding carboxylic acids is 1. The van der Waals surface area contributed by atoms with E-state index in [9.17, 15) is 4.79 Å². The number of benzene rings is 1. The molecule has 0 spiro atoms. The predicted molar refractivity (Wildman–Crippen MR) is 66.8 cm³/mol. The van der Waals surface area contributed by atoms with Gasteiger partial charge in [0.15, 0.2) is 11.5 Å². The fourth-order valence-electron chi connectivity index (χ4n) is 1.68. The van der Waals surface area contributed by atoms with Crippen molar-refractivity contribution < 1.29 is 14.1 Å². The van der Waals surface area contributed by atoms with E-state index >= 15 is 0 Å². The Bertz CT molecular complexity index is 572. The third kappa shape index (κ3) is 2.77. The van der Waals surface area contributed by atoms with Crippen LogP contribution >= 0.6 is 0 Å². The molecule has 2 rings (SSSR count). The third-order valence-corrected chi connectivity index (χ3v) is 2.56. The molecule has 0 amide bonds. The Morgan fingerprint density at radius 3 is 2.72 bits per heavy atom. The Kier molecular flexibility index (Phi) is 3.46. The molecule has 4 heteroatoms. The summed E-state index contributed by atoms with van der Waals surface area (Å²) in [6, 6.07) is 7.34. The van der Waals surface area contributed by atoms with Gasteiger partial charge >= 0.3 is 0 Å². The first-order chi connectivity index (χ1) is 8.56. The van der Waals surface area contributed by atoms with Gasteiger partial charge in [-0.2, -0.15) is 0 Å². The highest BCUT2D eigenvalue weighted by Crippen LogP contribution is 2.21. The summed E-state index contributed by atoms with van der Waals surface area (Å²) in [6.07, 6.45) is 0. The van der Waals surface area contributed by atoms with E-state index in [-0.39, 0.29) is 12.4 Å². The normalized spacial score (nSPS) is 10.4. The Morgan fingerprint density at radius 1 is 1.33 bits per heavy atom. The zero-order chi connectivity index (χ0) is 13.1. The largest absolute Gasteiger partial charge is 0.485 e. The van der Waals surface area contributed by atoms with E-state index in [2.05, 4.69) is 5.16 Å². The van der Waals surface area contributed by atoms with Gasteiger partial charge in [0.1, 0.15) is 12.4 Å². The van der Waals surface area contributed by atoms with Gasteiger partial charge in [-0.1, -0.05) is 16.8 Å². The molecule has 0 radical (unpaired) electrons. The average Bonchev–Trinajstić information content (AvgIpc) is 2.73. The average molecular weight is 245 g/mol. The van der Waals surface area contributed by atoms with Crippen LogP contribution in [0.3, 0.4) is 0 Å². The summed E-state index contributed by atoms with van der Waals surface area (Å²) in [5.41, 5.74) is 2.43. The summed E-state index contributed by atoms with van der Waals surface area (Å²) in [4.78, 5) is 11.5. The SMILES string of the molecule is CC(=O)c1cc(C)ccc1OCc1cc(C)no1. The second kappa shape index (κ2) is 5.04. The minimum Gasteiger partial charge on any atom is -0.485 e. The third-order valence-electron chi connectivity index (χ3n) is 2.56. The molecule has 0 unspecified atom stereocenters. The van der Waals surface area contributed by atoms with E-state index in [0.29, 0.717) is 17.1 Å². The van der Waals surface area contributed by atoms with Crippen molar-refractivity contribution in [3.63, 3.8) is 0 Å². The van der Waals surface area contributed by atoms with E-state index in [0.717, 1.165) is 11.3 Å². The van der Waals surface area contributed by atoms with Crippen LogP contribution in [-0.2, 0) is 6.61 Å². The fraction of sp³-hybridized carbons (Fsp3) is 0.286. The lowest BCUT2D eigenvalue weighted by Gasteiger charge is -2.08. The lowest BCUT2D eigenvalue weighted by atomic mass is 10.1. The highest BCUT2D eigenvalue weighted by Gasteiger charge is 2.10. The van der Waals surface area contributed by atoms with E-state index in [1.165, 1.54) is 6.92 Å². The van der Waals surface area contributed by atoms with Crippen LogP contribution in [0.15, 0.2) is 28.8 Å². The highest BCUT2D eigenvalue weighted by molar-refractivity contribution is 5.97. The van der Waals surface area contributed by atoms with E-state index in [4.69, 9.17) is 9.26 Å². The Morgan fingerprint density at radius 2 is 2.11 bits per heavy atom. The molecule has 0 aliphatic rings. The Hall–Kier alpha value is -2.10. The Labute approximate surface area is 106 Å². The van der Waals surface area contributed by atoms with E-state index in [1.807, 2.05) is 32.0 Å². The molecule has 0 aliphatic heterocycles. The van der Waals surface area contributed by atoms with Gasteiger partial charge in [-0.25, -0.2) is 0 Å². The molecular formula is C14H15NO3. The molecule has 2 aromatic rings. The second-order valence-electron chi connectivity index (χ2n) is 4.28. The van der Waals surface area contributed by atoms with Crippen molar-refractivity contribution in [1.29, 1.82) is 0 Å². The summed E-state index contributed by atoms with van der Waals surface area (Å²) in [5, 5.41) is 3.78. The number of rotatable bonds is 4. The molecule has 0 saturated carbocycles. The van der Waals surface area contributed by atoms with Crippen molar-refractivity contribution in [2.45, 2.75) is 27.4 Å². The van der Waals surface area contributed by atoms with Crippen molar-refractivity contribution in [3.8, 4) is 5.75 Å². The maximum absolute atomic E-state index is 11.5. The number of aryl methyl sites for hydroxylation is 2. The molecule has 4 nitrogen and oxygen atoms in total. The van der Waals surface area contributed by atoms with Gasteiger partial charge in [0.25, 0.3) is 0 Å². The number of nitrogens with zero attached hydrogens (tertiary/aromatic N) is 1. The van der Waals surface area contributed by atoms with Crippen LogP contribution in [0.25, 0.3) is 0 Å². The first-order valence-electron chi connectivity index (χ1n) is 5.73. The standard InChI is InChI=1S/C14H15NO3/c1-9-4-5-14(13(6-9)11(3)16)17-8-12-7-10(2)15-18-12/h4-7H,8H2,1-3H3. The van der Waals surface area contributed by atoms with Crippen molar-refractivity contribution in [1.82, 2.24) is 5.16 Å². The van der Waals surface area contributed by atoms with Crippen LogP contribution in [0.4, 0.5) is 0 Å². The summed E-state index contributed by atoms with van der Waals surface area (Å²) < 4.78 is 10.6. The molecular weight excluding hydrogens is 230 g/mol. The van der Waals surface area contributed by atoms with Gasteiger partial charge < -0.3 is 9.26 Å². The monoisotopic (exact) mass is 245 g/mol. The molecule has 0 N–H and O–H groups in total. The van der Waals surface area contributed by atoms with Gasteiger partial charge in [0.2, 0.25) is 0 Å². The number of ether oxygens (including phenoxy) is 1. The molecule has 0 atom stereocenters. The van der Waals surface area contributed by atoms with Crippen molar-refractivity contribution in [3.05, 3.63) is 46.8 Å². The van der Waals surface area contributed by atoms with Crippen LogP contribution < -0.4 is 4.74 Å². The molecule has 1 heterocycles. The first-order valence-corrected chi connectivity index (χ1v) is 5.73. The van der Waals surface area contributed by atoms with Crippen LogP contribution in [-0.4, -0.2) is 10.9 Å². The minimum absolute atomic E-state index is 0.0116. The van der Waals surface area contributed by atoms with Gasteiger partial charge in [0, 0.05) is 6.07 Å². The molecule has 0 bridgehead atoms. The lowest BCUT2D eigenvalue weighted by Crippen LogP contribution is -2.01. The van der Waals surface area contributed by atoms with Gasteiger partial charge in [-0.05, 0) is 32.9 Å². The first kappa shape index (κ1) is 12.4. The topological polar surface area (TPSA) is 52.3 Å². The van der Waals surface area contributed by atoms with Crippen molar-refractivity contribution in [2.24, 2.45) is 0 Å². The number of hydrogen-bond acceptors (Lipinski definition) is 4. The maximum atomic E-state index is 11.5.